The van der Waals surface area contributed by atoms with Crippen molar-refractivity contribution in [1.29, 1.82) is 0 Å². The van der Waals surface area contributed by atoms with Crippen LogP contribution in [-0.2, 0) is 12.7 Å². The van der Waals surface area contributed by atoms with Crippen molar-refractivity contribution in [3.05, 3.63) is 48.4 Å². The number of aromatic nitrogens is 5. The van der Waals surface area contributed by atoms with E-state index < -0.39 is 11.7 Å². The smallest absolute Gasteiger partial charge is 0.416 e. The van der Waals surface area contributed by atoms with Crippen molar-refractivity contribution in [2.75, 3.05) is 0 Å². The van der Waals surface area contributed by atoms with E-state index in [-0.39, 0.29) is 24.8 Å². The number of hydrogen-bond acceptors (Lipinski definition) is 4. The van der Waals surface area contributed by atoms with E-state index in [0.717, 1.165) is 12.1 Å². The first-order valence-electron chi connectivity index (χ1n) is 5.90. The number of halogens is 4. The van der Waals surface area contributed by atoms with E-state index in [1.165, 1.54) is 29.5 Å². The number of H-pyrrole nitrogens is 1. The number of rotatable bonds is 3. The van der Waals surface area contributed by atoms with Crippen LogP contribution in [0.3, 0.4) is 0 Å². The van der Waals surface area contributed by atoms with Crippen LogP contribution in [0.4, 0.5) is 13.2 Å². The predicted octanol–water partition coefficient (Wildman–Crippen LogP) is -1.18. The van der Waals surface area contributed by atoms with Gasteiger partial charge in [-0.25, -0.2) is 19.2 Å². The van der Waals surface area contributed by atoms with Gasteiger partial charge >= 0.3 is 17.9 Å². The average Bonchev–Trinajstić information content (AvgIpc) is 3.10. The largest absolute Gasteiger partial charge is 1.00 e. The van der Waals surface area contributed by atoms with Crippen LogP contribution in [0, 0.1) is 0 Å². The summed E-state index contributed by atoms with van der Waals surface area (Å²) in [6.45, 7) is 0.256. The van der Waals surface area contributed by atoms with Crippen molar-refractivity contribution in [2.24, 2.45) is 0 Å². The van der Waals surface area contributed by atoms with Crippen molar-refractivity contribution in [3.63, 3.8) is 0 Å². The Morgan fingerprint density at radius 2 is 2.09 bits per heavy atom. The van der Waals surface area contributed by atoms with E-state index in [1.807, 2.05) is 0 Å². The SMILES string of the molecule is FC(F)(F)c1cccc(-c2noc(Cn3cncn3)[nH+]2)c1.[Cl-]. The third-order valence-corrected chi connectivity index (χ3v) is 2.74. The Kier molecular flexibility index (Phi) is 4.45. The summed E-state index contributed by atoms with van der Waals surface area (Å²) in [6, 6.07) is 4.84. The Morgan fingerprint density at radius 1 is 1.27 bits per heavy atom. The van der Waals surface area contributed by atoms with Gasteiger partial charge in [0.15, 0.2) is 5.16 Å². The molecule has 3 aromatic rings. The first-order valence-corrected chi connectivity index (χ1v) is 5.90. The standard InChI is InChI=1S/C12H8F3N5O.ClH/c13-12(14,15)9-3-1-2-8(4-9)11-18-10(21-19-11)5-20-7-16-6-17-20;/h1-4,6-7H,5H2;1H. The second kappa shape index (κ2) is 6.14. The maximum absolute atomic E-state index is 12.7. The van der Waals surface area contributed by atoms with Gasteiger partial charge in [0, 0.05) is 0 Å². The Bertz CT molecular complexity index is 741. The third kappa shape index (κ3) is 3.42. The van der Waals surface area contributed by atoms with Gasteiger partial charge in [-0.3, -0.25) is 0 Å². The maximum Gasteiger partial charge on any atom is 0.416 e. The summed E-state index contributed by atoms with van der Waals surface area (Å²) in [7, 11) is 0. The quantitative estimate of drug-likeness (QED) is 0.606. The molecule has 0 unspecified atom stereocenters. The Balaban J connectivity index is 0.00000176. The van der Waals surface area contributed by atoms with Crippen LogP contribution in [0.1, 0.15) is 11.5 Å². The van der Waals surface area contributed by atoms with Gasteiger partial charge in [0.2, 0.25) is 0 Å². The van der Waals surface area contributed by atoms with Gasteiger partial charge in [-0.15, -0.1) is 0 Å². The molecule has 22 heavy (non-hydrogen) atoms. The lowest BCUT2D eigenvalue weighted by atomic mass is 10.1. The summed E-state index contributed by atoms with van der Waals surface area (Å²) in [5.74, 6) is 0.573. The lowest BCUT2D eigenvalue weighted by molar-refractivity contribution is -0.386. The van der Waals surface area contributed by atoms with Gasteiger partial charge in [0.1, 0.15) is 19.2 Å². The van der Waals surface area contributed by atoms with Crippen LogP contribution in [0.15, 0.2) is 41.4 Å². The van der Waals surface area contributed by atoms with E-state index in [2.05, 4.69) is 20.2 Å². The zero-order chi connectivity index (χ0) is 14.9. The van der Waals surface area contributed by atoms with Crippen LogP contribution in [0.2, 0.25) is 0 Å². The van der Waals surface area contributed by atoms with E-state index in [9.17, 15) is 13.2 Å². The van der Waals surface area contributed by atoms with E-state index in [1.54, 1.807) is 0 Å². The first-order chi connectivity index (χ1) is 10.0. The molecule has 0 atom stereocenters. The second-order valence-corrected chi connectivity index (χ2v) is 4.25. The molecule has 0 saturated carbocycles. The van der Waals surface area contributed by atoms with Gasteiger partial charge < -0.3 is 12.4 Å². The summed E-state index contributed by atoms with van der Waals surface area (Å²) in [4.78, 5) is 6.59. The fraction of sp³-hybridized carbons (Fsp3) is 0.167. The van der Waals surface area contributed by atoms with Crippen molar-refractivity contribution in [1.82, 2.24) is 19.9 Å². The van der Waals surface area contributed by atoms with Crippen LogP contribution < -0.4 is 17.4 Å². The Hall–Kier alpha value is -2.42. The van der Waals surface area contributed by atoms with Crippen molar-refractivity contribution >= 4 is 0 Å². The normalized spacial score (nSPS) is 11.2. The first kappa shape index (κ1) is 16.0. The van der Waals surface area contributed by atoms with Gasteiger partial charge in [0.05, 0.1) is 11.1 Å². The van der Waals surface area contributed by atoms with Crippen molar-refractivity contribution < 1.29 is 35.1 Å². The average molecular weight is 332 g/mol. The third-order valence-electron chi connectivity index (χ3n) is 2.74. The molecule has 0 saturated heterocycles. The molecule has 116 valence electrons. The number of nitrogens with zero attached hydrogens (tertiary/aromatic N) is 4. The van der Waals surface area contributed by atoms with Gasteiger partial charge in [-0.05, 0) is 18.2 Å². The Labute approximate surface area is 128 Å². The minimum Gasteiger partial charge on any atom is -1.00 e. The second-order valence-electron chi connectivity index (χ2n) is 4.25. The minimum atomic E-state index is -4.40. The van der Waals surface area contributed by atoms with Crippen molar-refractivity contribution in [3.8, 4) is 11.4 Å². The molecule has 3 rings (SSSR count). The predicted molar refractivity (Wildman–Crippen MR) is 62.6 cm³/mol. The highest BCUT2D eigenvalue weighted by Crippen LogP contribution is 2.31. The Morgan fingerprint density at radius 3 is 2.77 bits per heavy atom. The maximum atomic E-state index is 12.7. The number of hydrogen-bond donors (Lipinski definition) is 0. The molecule has 0 spiro atoms. The summed E-state index contributed by atoms with van der Waals surface area (Å²) < 4.78 is 44.5. The van der Waals surface area contributed by atoms with E-state index in [4.69, 9.17) is 4.52 Å². The molecule has 10 heteroatoms. The molecule has 1 N–H and O–H groups in total. The lowest BCUT2D eigenvalue weighted by Crippen LogP contribution is -3.00. The molecule has 2 heterocycles. The molecule has 0 bridgehead atoms. The van der Waals surface area contributed by atoms with Gasteiger partial charge in [0.25, 0.3) is 0 Å². The molecule has 0 radical (unpaired) electrons. The summed E-state index contributed by atoms with van der Waals surface area (Å²) in [5.41, 5.74) is -0.451. The minimum absolute atomic E-state index is 0. The number of alkyl halides is 3. The fourth-order valence-corrected chi connectivity index (χ4v) is 1.78. The van der Waals surface area contributed by atoms with Crippen LogP contribution in [0.5, 0.6) is 0 Å². The zero-order valence-corrected chi connectivity index (χ0v) is 11.6. The summed E-state index contributed by atoms with van der Waals surface area (Å²) in [5, 5.41) is 7.62. The number of benzene rings is 1. The van der Waals surface area contributed by atoms with Crippen LogP contribution in [-0.4, -0.2) is 19.9 Å². The summed E-state index contributed by atoms with van der Waals surface area (Å²) in [6.07, 6.45) is -1.55. The monoisotopic (exact) mass is 331 g/mol. The van der Waals surface area contributed by atoms with E-state index in [0.29, 0.717) is 11.5 Å². The molecule has 2 aromatic heterocycles. The highest BCUT2D eigenvalue weighted by Gasteiger charge is 2.31. The fourth-order valence-electron chi connectivity index (χ4n) is 1.78. The van der Waals surface area contributed by atoms with Crippen LogP contribution in [0.25, 0.3) is 11.4 Å². The molecule has 6 nitrogen and oxygen atoms in total. The molecule has 0 aliphatic rings. The molecule has 0 amide bonds. The molecule has 0 fully saturated rings. The van der Waals surface area contributed by atoms with Crippen LogP contribution >= 0.6 is 0 Å². The van der Waals surface area contributed by atoms with Gasteiger partial charge in [-0.1, -0.05) is 6.07 Å². The molecule has 1 aromatic carbocycles. The molecule has 0 aliphatic heterocycles. The topological polar surface area (TPSA) is 70.9 Å². The number of aromatic amines is 1. The molecular formula is C12H9ClF3N5O. The highest BCUT2D eigenvalue weighted by atomic mass is 35.5. The lowest BCUT2D eigenvalue weighted by Gasteiger charge is -2.05. The summed E-state index contributed by atoms with van der Waals surface area (Å²) >= 11 is 0. The zero-order valence-electron chi connectivity index (χ0n) is 10.9. The molecular weight excluding hydrogens is 323 g/mol. The number of nitrogens with one attached hydrogen (secondary N) is 1. The van der Waals surface area contributed by atoms with Crippen molar-refractivity contribution in [2.45, 2.75) is 12.7 Å². The molecule has 0 aliphatic carbocycles. The van der Waals surface area contributed by atoms with E-state index >= 15 is 0 Å². The van der Waals surface area contributed by atoms with Gasteiger partial charge in [-0.2, -0.15) is 18.3 Å². The highest BCUT2D eigenvalue weighted by molar-refractivity contribution is 5.53.